The molecule has 2 aromatic carbocycles. The van der Waals surface area contributed by atoms with Crippen LogP contribution >= 0.6 is 0 Å². The second-order valence-corrected chi connectivity index (χ2v) is 20.5. The molecule has 4 aromatic heterocycles. The van der Waals surface area contributed by atoms with Crippen molar-refractivity contribution >= 4 is 51.3 Å². The maximum Gasteiger partial charge on any atom is 0.253 e. The summed E-state index contributed by atoms with van der Waals surface area (Å²) in [5.41, 5.74) is 8.99. The monoisotopic (exact) mass is 980 g/mol. The number of likely N-dealkylation sites (tertiary alicyclic amines) is 2. The van der Waals surface area contributed by atoms with Crippen molar-refractivity contribution in [2.45, 2.75) is 89.1 Å². The molecule has 72 heavy (non-hydrogen) atoms. The number of ether oxygens (including phenoxy) is 2. The molecule has 5 aliphatic heterocycles. The summed E-state index contributed by atoms with van der Waals surface area (Å²) in [7, 11) is 3.84. The number of pyridine rings is 2. The SMILES string of the molecule is COCc1nc2cc(-c3ccnc4c3cc(CN3CCC(c5ccc(C(=O)N6CCC(CN7CCN(c8ncc(NC9CCC(=O)NC9=O)cc8F)CC7)CC6)cc5)CC3)n4C)ccc2n1C1CCCCO1. The van der Waals surface area contributed by atoms with Gasteiger partial charge in [0.1, 0.15) is 30.3 Å². The summed E-state index contributed by atoms with van der Waals surface area (Å²) in [6.45, 7) is 9.49. The highest BCUT2D eigenvalue weighted by Gasteiger charge is 2.31. The fourth-order valence-electron chi connectivity index (χ4n) is 11.8. The van der Waals surface area contributed by atoms with Gasteiger partial charge in [-0.1, -0.05) is 18.2 Å². The summed E-state index contributed by atoms with van der Waals surface area (Å²) in [6.07, 6.45) is 11.3. The number of benzene rings is 2. The van der Waals surface area contributed by atoms with Crippen molar-refractivity contribution in [1.82, 2.24) is 44.1 Å². The molecule has 2 unspecified atom stereocenters. The fraction of sp³-hybridized carbons (Fsp3) is 0.491. The number of fused-ring (bicyclic) bond motifs is 2. The fourth-order valence-corrected chi connectivity index (χ4v) is 11.8. The molecule has 5 aliphatic rings. The van der Waals surface area contributed by atoms with Gasteiger partial charge in [0.2, 0.25) is 11.8 Å². The van der Waals surface area contributed by atoms with Crippen LogP contribution < -0.4 is 15.5 Å². The molecule has 0 aliphatic carbocycles. The third kappa shape index (κ3) is 10.1. The van der Waals surface area contributed by atoms with Gasteiger partial charge >= 0.3 is 0 Å². The first-order chi connectivity index (χ1) is 35.1. The van der Waals surface area contributed by atoms with Gasteiger partial charge in [-0.3, -0.25) is 34.1 Å². The van der Waals surface area contributed by atoms with Crippen molar-refractivity contribution in [1.29, 1.82) is 0 Å². The van der Waals surface area contributed by atoms with Crippen LogP contribution in [-0.2, 0) is 39.3 Å². The van der Waals surface area contributed by atoms with E-state index in [2.05, 4.69) is 84.1 Å². The Balaban J connectivity index is 0.638. The van der Waals surface area contributed by atoms with E-state index in [4.69, 9.17) is 19.4 Å². The van der Waals surface area contributed by atoms with Crippen molar-refractivity contribution < 1.29 is 28.2 Å². The van der Waals surface area contributed by atoms with Crippen molar-refractivity contribution in [3.8, 4) is 11.1 Å². The van der Waals surface area contributed by atoms with Crippen LogP contribution in [0.25, 0.3) is 33.2 Å². The van der Waals surface area contributed by atoms with E-state index in [0.29, 0.717) is 49.5 Å². The van der Waals surface area contributed by atoms with Crippen LogP contribution in [0.4, 0.5) is 15.9 Å². The zero-order valence-electron chi connectivity index (χ0n) is 41.5. The van der Waals surface area contributed by atoms with Crippen molar-refractivity contribution in [2.24, 2.45) is 13.0 Å². The van der Waals surface area contributed by atoms with Gasteiger partial charge in [-0.15, -0.1) is 0 Å². The number of piperidine rings is 3. The van der Waals surface area contributed by atoms with E-state index in [9.17, 15) is 14.4 Å². The number of piperazine rings is 1. The van der Waals surface area contributed by atoms with Crippen molar-refractivity contribution in [3.63, 3.8) is 0 Å². The van der Waals surface area contributed by atoms with Gasteiger partial charge in [0.15, 0.2) is 11.6 Å². The van der Waals surface area contributed by atoms with Crippen molar-refractivity contribution in [3.05, 3.63) is 102 Å². The second kappa shape index (κ2) is 21.1. The van der Waals surface area contributed by atoms with Gasteiger partial charge in [0.05, 0.1) is 22.9 Å². The molecular weight excluding hydrogens is 914 g/mol. The molecular formula is C55H66FN11O5. The smallest absolute Gasteiger partial charge is 0.253 e. The first kappa shape index (κ1) is 48.0. The Labute approximate surface area is 419 Å². The minimum Gasteiger partial charge on any atom is -0.377 e. The Morgan fingerprint density at radius 1 is 0.875 bits per heavy atom. The van der Waals surface area contributed by atoms with Gasteiger partial charge in [0.25, 0.3) is 5.91 Å². The van der Waals surface area contributed by atoms with E-state index in [1.807, 2.05) is 28.1 Å². The second-order valence-electron chi connectivity index (χ2n) is 20.5. The summed E-state index contributed by atoms with van der Waals surface area (Å²) in [5, 5.41) is 6.46. The van der Waals surface area contributed by atoms with Gasteiger partial charge in [-0.05, 0) is 129 Å². The van der Waals surface area contributed by atoms with E-state index in [0.717, 1.165) is 148 Å². The number of aryl methyl sites for hydroxylation is 1. The minimum absolute atomic E-state index is 0.0193. The Bertz CT molecular complexity index is 2930. The summed E-state index contributed by atoms with van der Waals surface area (Å²) in [4.78, 5) is 60.6. The molecule has 5 fully saturated rings. The van der Waals surface area contributed by atoms with E-state index in [-0.39, 0.29) is 24.5 Å². The zero-order chi connectivity index (χ0) is 49.3. The number of carbonyl (C=O) groups excluding carboxylic acids is 3. The number of amides is 3. The number of imide groups is 1. The molecule has 0 radical (unpaired) electrons. The molecule has 0 saturated carbocycles. The van der Waals surface area contributed by atoms with E-state index >= 15 is 4.39 Å². The number of carbonyl (C=O) groups is 3. The van der Waals surface area contributed by atoms with Crippen LogP contribution in [0.3, 0.4) is 0 Å². The number of methoxy groups -OCH3 is 1. The lowest BCUT2D eigenvalue weighted by atomic mass is 9.88. The molecule has 9 heterocycles. The molecule has 16 nitrogen and oxygen atoms in total. The Hall–Kier alpha value is -6.27. The molecule has 6 aromatic rings. The number of imidazole rings is 1. The van der Waals surface area contributed by atoms with Crippen LogP contribution in [0.1, 0.15) is 97.4 Å². The van der Waals surface area contributed by atoms with Crippen molar-refractivity contribution in [2.75, 3.05) is 82.8 Å². The Morgan fingerprint density at radius 2 is 1.68 bits per heavy atom. The quantitative estimate of drug-likeness (QED) is 0.112. The molecule has 378 valence electrons. The third-order valence-corrected chi connectivity index (χ3v) is 15.9. The maximum absolute atomic E-state index is 15.2. The van der Waals surface area contributed by atoms with Crippen LogP contribution in [0.5, 0.6) is 0 Å². The molecule has 0 spiro atoms. The number of hydrogen-bond acceptors (Lipinski definition) is 12. The number of hydrogen-bond donors (Lipinski definition) is 2. The Kier molecular flexibility index (Phi) is 14.0. The average Bonchev–Trinajstić information content (AvgIpc) is 3.93. The molecule has 17 heteroatoms. The predicted molar refractivity (Wildman–Crippen MR) is 274 cm³/mol. The maximum atomic E-state index is 15.2. The summed E-state index contributed by atoms with van der Waals surface area (Å²) in [5.74, 6) is 1.15. The molecule has 2 N–H and O–H groups in total. The van der Waals surface area contributed by atoms with E-state index in [1.165, 1.54) is 17.3 Å². The van der Waals surface area contributed by atoms with Gasteiger partial charge in [-0.25, -0.2) is 19.3 Å². The molecule has 3 amide bonds. The summed E-state index contributed by atoms with van der Waals surface area (Å²) in [6, 6.07) is 20.2. The van der Waals surface area contributed by atoms with E-state index < -0.39 is 17.8 Å². The number of aromatic nitrogens is 5. The lowest BCUT2D eigenvalue weighted by Gasteiger charge is -2.39. The number of rotatable bonds is 13. The highest BCUT2D eigenvalue weighted by Crippen LogP contribution is 2.36. The van der Waals surface area contributed by atoms with Crippen LogP contribution in [-0.4, -0.2) is 135 Å². The molecule has 5 saturated heterocycles. The average molecular weight is 980 g/mol. The lowest BCUT2D eigenvalue weighted by molar-refractivity contribution is -0.133. The van der Waals surface area contributed by atoms with Gasteiger partial charge < -0.3 is 29.2 Å². The lowest BCUT2D eigenvalue weighted by Crippen LogP contribution is -2.49. The number of nitrogens with zero attached hydrogens (tertiary/aromatic N) is 9. The first-order valence-electron chi connectivity index (χ1n) is 26.1. The van der Waals surface area contributed by atoms with Crippen LogP contribution in [0.2, 0.25) is 0 Å². The van der Waals surface area contributed by atoms with Crippen LogP contribution in [0.15, 0.2) is 73.1 Å². The summed E-state index contributed by atoms with van der Waals surface area (Å²) < 4.78 is 31.4. The summed E-state index contributed by atoms with van der Waals surface area (Å²) >= 11 is 0. The molecule has 11 rings (SSSR count). The molecule has 0 bridgehead atoms. The highest BCUT2D eigenvalue weighted by molar-refractivity contribution is 6.01. The topological polar surface area (TPSA) is 155 Å². The predicted octanol–water partition coefficient (Wildman–Crippen LogP) is 7.24. The standard InChI is InChI=1S/C55H66FN11O5/c1-62-42(31-44-43(14-19-57-52(44)62)40-10-12-48-47(29-40)60-49(35-71-2)67(48)51-5-3-4-28-72-51)34-63-20-17-38(18-21-63)37-6-8-39(9-7-37)55(70)66-22-15-36(16-23-66)33-64-24-26-65(27-25-64)53-45(56)30-41(32-58-53)59-46-11-13-50(68)61-54(46)69/h6-10,12,14,19,29-32,36,38,46,51,59H,3-5,11,13,15-18,20-28,33-35H2,1-2H3,(H,61,68,69). The number of anilines is 2. The largest absolute Gasteiger partial charge is 0.377 e. The third-order valence-electron chi connectivity index (χ3n) is 15.9. The van der Waals surface area contributed by atoms with E-state index in [1.54, 1.807) is 13.3 Å². The Morgan fingerprint density at radius 3 is 2.42 bits per heavy atom. The van der Waals surface area contributed by atoms with Gasteiger partial charge in [0, 0.05) is 108 Å². The normalized spacial score (nSPS) is 21.2. The van der Waals surface area contributed by atoms with Gasteiger partial charge in [-0.2, -0.15) is 0 Å². The first-order valence-corrected chi connectivity index (χ1v) is 26.1. The highest BCUT2D eigenvalue weighted by atomic mass is 19.1. The minimum atomic E-state index is -0.592. The number of nitrogens with one attached hydrogen (secondary N) is 2. The molecule has 2 atom stereocenters. The zero-order valence-corrected chi connectivity index (χ0v) is 41.5. The van der Waals surface area contributed by atoms with Crippen LogP contribution in [0, 0.1) is 11.7 Å². The number of halogens is 1.